The molecule has 0 aliphatic rings. The summed E-state index contributed by atoms with van der Waals surface area (Å²) in [5.41, 5.74) is 5.84. The third kappa shape index (κ3) is 1.62. The SMILES string of the molecule is Cc1nn(C)c2c1[nH]c(=S)n2Cc1cscn1. The third-order valence-corrected chi connectivity index (χ3v) is 3.69. The number of rotatable bonds is 2. The van der Waals surface area contributed by atoms with E-state index in [0.29, 0.717) is 11.3 Å². The zero-order valence-corrected chi connectivity index (χ0v) is 11.1. The molecular weight excluding hydrogens is 254 g/mol. The summed E-state index contributed by atoms with van der Waals surface area (Å²) >= 11 is 6.93. The summed E-state index contributed by atoms with van der Waals surface area (Å²) in [5.74, 6) is 0. The van der Waals surface area contributed by atoms with Gasteiger partial charge in [0.2, 0.25) is 0 Å². The molecule has 0 atom stereocenters. The summed E-state index contributed by atoms with van der Waals surface area (Å²) in [6, 6.07) is 0. The average molecular weight is 265 g/mol. The molecule has 0 aliphatic heterocycles. The average Bonchev–Trinajstić information content (AvgIpc) is 2.93. The molecule has 17 heavy (non-hydrogen) atoms. The minimum Gasteiger partial charge on any atom is -0.328 e. The zero-order valence-electron chi connectivity index (χ0n) is 9.47. The Morgan fingerprint density at radius 3 is 3.06 bits per heavy atom. The number of hydrogen-bond donors (Lipinski definition) is 1. The van der Waals surface area contributed by atoms with E-state index in [0.717, 1.165) is 22.6 Å². The first-order valence-electron chi connectivity index (χ1n) is 5.16. The van der Waals surface area contributed by atoms with E-state index in [1.807, 2.05) is 34.1 Å². The fourth-order valence-corrected chi connectivity index (χ4v) is 2.80. The normalized spacial score (nSPS) is 11.4. The maximum atomic E-state index is 5.34. The Morgan fingerprint density at radius 1 is 1.53 bits per heavy atom. The highest BCUT2D eigenvalue weighted by atomic mass is 32.1. The highest BCUT2D eigenvalue weighted by Crippen LogP contribution is 2.18. The van der Waals surface area contributed by atoms with Crippen molar-refractivity contribution < 1.29 is 0 Å². The van der Waals surface area contributed by atoms with Crippen molar-refractivity contribution >= 4 is 34.7 Å². The van der Waals surface area contributed by atoms with Crippen molar-refractivity contribution in [3.05, 3.63) is 27.0 Å². The van der Waals surface area contributed by atoms with Gasteiger partial charge in [-0.05, 0) is 19.1 Å². The lowest BCUT2D eigenvalue weighted by Gasteiger charge is -2.01. The smallest absolute Gasteiger partial charge is 0.179 e. The Labute approximate surface area is 107 Å². The Balaban J connectivity index is 2.21. The summed E-state index contributed by atoms with van der Waals surface area (Å²) in [7, 11) is 1.93. The monoisotopic (exact) mass is 265 g/mol. The largest absolute Gasteiger partial charge is 0.328 e. The van der Waals surface area contributed by atoms with Crippen LogP contribution in [0.1, 0.15) is 11.4 Å². The van der Waals surface area contributed by atoms with E-state index in [-0.39, 0.29) is 0 Å². The standard InChI is InChI=1S/C10H11N5S2/c1-6-8-9(14(2)13-6)15(10(16)12-8)3-7-4-17-5-11-7/h4-5H,3H2,1-2H3,(H,12,16). The summed E-state index contributed by atoms with van der Waals surface area (Å²) < 4.78 is 4.59. The van der Waals surface area contributed by atoms with Crippen molar-refractivity contribution in [2.75, 3.05) is 0 Å². The summed E-state index contributed by atoms with van der Waals surface area (Å²) in [6.45, 7) is 2.65. The Bertz CT molecular complexity index is 716. The van der Waals surface area contributed by atoms with Gasteiger partial charge in [-0.15, -0.1) is 11.3 Å². The van der Waals surface area contributed by atoms with Crippen molar-refractivity contribution in [2.24, 2.45) is 7.05 Å². The van der Waals surface area contributed by atoms with Gasteiger partial charge in [-0.2, -0.15) is 5.10 Å². The van der Waals surface area contributed by atoms with Gasteiger partial charge in [-0.1, -0.05) is 0 Å². The molecule has 0 spiro atoms. The predicted molar refractivity (Wildman–Crippen MR) is 69.8 cm³/mol. The number of thiazole rings is 1. The van der Waals surface area contributed by atoms with E-state index in [1.54, 1.807) is 11.3 Å². The number of aromatic amines is 1. The highest BCUT2D eigenvalue weighted by Gasteiger charge is 2.13. The molecule has 0 aromatic carbocycles. The van der Waals surface area contributed by atoms with Crippen LogP contribution in [0.2, 0.25) is 0 Å². The maximum absolute atomic E-state index is 5.34. The van der Waals surface area contributed by atoms with E-state index >= 15 is 0 Å². The number of nitrogens with one attached hydrogen (secondary N) is 1. The summed E-state index contributed by atoms with van der Waals surface area (Å²) in [6.07, 6.45) is 0. The zero-order chi connectivity index (χ0) is 12.0. The molecule has 3 aromatic heterocycles. The number of hydrogen-bond acceptors (Lipinski definition) is 4. The molecule has 88 valence electrons. The molecule has 0 fully saturated rings. The van der Waals surface area contributed by atoms with Gasteiger partial charge in [0.05, 0.1) is 23.4 Å². The molecule has 3 rings (SSSR count). The van der Waals surface area contributed by atoms with Crippen molar-refractivity contribution in [1.82, 2.24) is 24.3 Å². The Hall–Kier alpha value is -1.47. The molecule has 5 nitrogen and oxygen atoms in total. The Kier molecular flexibility index (Phi) is 2.37. The fourth-order valence-electron chi connectivity index (χ4n) is 2.00. The van der Waals surface area contributed by atoms with Gasteiger partial charge in [-0.3, -0.25) is 9.25 Å². The predicted octanol–water partition coefficient (Wildman–Crippen LogP) is 2.25. The van der Waals surface area contributed by atoms with Gasteiger partial charge in [0, 0.05) is 12.4 Å². The molecule has 7 heteroatoms. The van der Waals surface area contributed by atoms with Crippen molar-refractivity contribution in [3.63, 3.8) is 0 Å². The van der Waals surface area contributed by atoms with Gasteiger partial charge in [0.15, 0.2) is 10.4 Å². The molecule has 1 N–H and O–H groups in total. The van der Waals surface area contributed by atoms with E-state index < -0.39 is 0 Å². The first-order chi connectivity index (χ1) is 8.16. The van der Waals surface area contributed by atoms with E-state index in [2.05, 4.69) is 15.1 Å². The van der Waals surface area contributed by atoms with Crippen LogP contribution in [-0.4, -0.2) is 24.3 Å². The van der Waals surface area contributed by atoms with Gasteiger partial charge in [0.1, 0.15) is 5.52 Å². The second-order valence-electron chi connectivity index (χ2n) is 3.90. The quantitative estimate of drug-likeness (QED) is 0.723. The summed E-state index contributed by atoms with van der Waals surface area (Å²) in [5, 5.41) is 6.41. The lowest BCUT2D eigenvalue weighted by molar-refractivity contribution is 0.709. The van der Waals surface area contributed by atoms with Crippen molar-refractivity contribution in [2.45, 2.75) is 13.5 Å². The van der Waals surface area contributed by atoms with E-state index in [9.17, 15) is 0 Å². The first-order valence-corrected chi connectivity index (χ1v) is 6.51. The number of H-pyrrole nitrogens is 1. The molecule has 0 amide bonds. The third-order valence-electron chi connectivity index (χ3n) is 2.73. The van der Waals surface area contributed by atoms with Crippen LogP contribution in [0.15, 0.2) is 10.9 Å². The van der Waals surface area contributed by atoms with Crippen LogP contribution in [0, 0.1) is 11.7 Å². The van der Waals surface area contributed by atoms with E-state index in [4.69, 9.17) is 12.2 Å². The van der Waals surface area contributed by atoms with Crippen molar-refractivity contribution in [3.8, 4) is 0 Å². The van der Waals surface area contributed by atoms with Crippen LogP contribution in [0.5, 0.6) is 0 Å². The lowest BCUT2D eigenvalue weighted by Crippen LogP contribution is -2.04. The van der Waals surface area contributed by atoms with Gasteiger partial charge < -0.3 is 4.98 Å². The highest BCUT2D eigenvalue weighted by molar-refractivity contribution is 7.71. The molecule has 0 unspecified atom stereocenters. The lowest BCUT2D eigenvalue weighted by atomic mass is 10.4. The van der Waals surface area contributed by atoms with Crippen LogP contribution in [0.25, 0.3) is 11.2 Å². The minimum atomic E-state index is 0.682. The van der Waals surface area contributed by atoms with Crippen LogP contribution in [-0.2, 0) is 13.6 Å². The number of nitrogens with zero attached hydrogens (tertiary/aromatic N) is 4. The minimum absolute atomic E-state index is 0.682. The first kappa shape index (κ1) is 10.7. The molecule has 0 saturated heterocycles. The molecule has 0 radical (unpaired) electrons. The van der Waals surface area contributed by atoms with Crippen LogP contribution >= 0.6 is 23.6 Å². The molecule has 3 aromatic rings. The number of fused-ring (bicyclic) bond motifs is 1. The van der Waals surface area contributed by atoms with E-state index in [1.165, 1.54) is 0 Å². The summed E-state index contributed by atoms with van der Waals surface area (Å²) in [4.78, 5) is 7.48. The second kappa shape index (κ2) is 3.78. The molecule has 0 saturated carbocycles. The fraction of sp³-hybridized carbons (Fsp3) is 0.300. The molecule has 3 heterocycles. The Morgan fingerprint density at radius 2 is 2.35 bits per heavy atom. The molecule has 0 aliphatic carbocycles. The van der Waals surface area contributed by atoms with Gasteiger partial charge in [0.25, 0.3) is 0 Å². The van der Waals surface area contributed by atoms with Crippen LogP contribution in [0.4, 0.5) is 0 Å². The molecular formula is C10H11N5S2. The topological polar surface area (TPSA) is 51.4 Å². The van der Waals surface area contributed by atoms with Crippen molar-refractivity contribution in [1.29, 1.82) is 0 Å². The van der Waals surface area contributed by atoms with Crippen LogP contribution in [0.3, 0.4) is 0 Å². The second-order valence-corrected chi connectivity index (χ2v) is 5.01. The molecule has 0 bridgehead atoms. The van der Waals surface area contributed by atoms with Gasteiger partial charge >= 0.3 is 0 Å². The van der Waals surface area contributed by atoms with Crippen LogP contribution < -0.4 is 0 Å². The maximum Gasteiger partial charge on any atom is 0.179 e. The number of aryl methyl sites for hydroxylation is 2. The van der Waals surface area contributed by atoms with Gasteiger partial charge in [-0.25, -0.2) is 4.98 Å². The number of aromatic nitrogens is 5. The number of imidazole rings is 1.